The zero-order valence-corrected chi connectivity index (χ0v) is 25.9. The maximum absolute atomic E-state index is 12.8. The lowest BCUT2D eigenvalue weighted by Crippen LogP contribution is -2.55. The molecular formula is C30H47NO7Si. The van der Waals surface area contributed by atoms with E-state index in [0.717, 1.165) is 5.56 Å². The Kier molecular flexibility index (Phi) is 11.8. The molecule has 2 rings (SSSR count). The second-order valence-electron chi connectivity index (χ2n) is 12.1. The van der Waals surface area contributed by atoms with Crippen LogP contribution in [0.15, 0.2) is 54.6 Å². The number of amides is 1. The van der Waals surface area contributed by atoms with E-state index in [1.165, 1.54) is 0 Å². The van der Waals surface area contributed by atoms with Crippen LogP contribution in [0.5, 0.6) is 11.5 Å². The molecule has 0 saturated heterocycles. The van der Waals surface area contributed by atoms with E-state index >= 15 is 0 Å². The first-order valence-corrected chi connectivity index (χ1v) is 16.3. The van der Waals surface area contributed by atoms with Gasteiger partial charge in [0.25, 0.3) is 0 Å². The van der Waals surface area contributed by atoms with E-state index in [1.54, 1.807) is 52.1 Å². The van der Waals surface area contributed by atoms with Crippen molar-refractivity contribution < 1.29 is 33.3 Å². The molecule has 0 aliphatic carbocycles. The third-order valence-electron chi connectivity index (χ3n) is 6.67. The van der Waals surface area contributed by atoms with Gasteiger partial charge in [0.2, 0.25) is 0 Å². The Morgan fingerprint density at radius 2 is 1.51 bits per heavy atom. The van der Waals surface area contributed by atoms with Crippen molar-refractivity contribution in [2.24, 2.45) is 0 Å². The van der Waals surface area contributed by atoms with Gasteiger partial charge in [-0.15, -0.1) is 0 Å². The molecule has 0 radical (unpaired) electrons. The van der Waals surface area contributed by atoms with Gasteiger partial charge in [-0.1, -0.05) is 51.1 Å². The summed E-state index contributed by atoms with van der Waals surface area (Å²) in [5.74, 6) is 1.29. The molecule has 0 bridgehead atoms. The van der Waals surface area contributed by atoms with Gasteiger partial charge >= 0.3 is 6.09 Å². The normalized spacial score (nSPS) is 14.7. The van der Waals surface area contributed by atoms with Crippen LogP contribution in [0.1, 0.15) is 47.1 Å². The number of rotatable bonds is 13. The minimum atomic E-state index is -2.15. The van der Waals surface area contributed by atoms with Crippen LogP contribution in [-0.4, -0.2) is 63.7 Å². The largest absolute Gasteiger partial charge is 0.497 e. The van der Waals surface area contributed by atoms with Crippen molar-refractivity contribution >= 4 is 14.4 Å². The molecule has 0 saturated carbocycles. The molecule has 0 heterocycles. The van der Waals surface area contributed by atoms with Crippen molar-refractivity contribution in [2.75, 3.05) is 20.3 Å². The van der Waals surface area contributed by atoms with Gasteiger partial charge < -0.3 is 33.8 Å². The summed E-state index contributed by atoms with van der Waals surface area (Å²) in [6.45, 7) is 16.4. The number of carbonyl (C=O) groups excluding carboxylic acids is 1. The topological polar surface area (TPSA) is 95.5 Å². The van der Waals surface area contributed by atoms with Crippen LogP contribution in [0.3, 0.4) is 0 Å². The Balaban J connectivity index is 2.30. The highest BCUT2D eigenvalue weighted by Crippen LogP contribution is 2.36. The standard InChI is InChI=1S/C30H47NO7Si/c1-29(2,3)38-28(33)31-25(20-35-24-17-15-23(34-7)16-18-24)27(36-19-22-13-11-10-12-14-22)26(32)21-37-39(8,9)30(4,5)6/h10-18,25-27,32H,19-21H2,1-9H3,(H,31,33)/t25-,26+,27-/m0/s1. The molecule has 0 aliphatic heterocycles. The fraction of sp³-hybridized carbons (Fsp3) is 0.567. The Bertz CT molecular complexity index is 1000. The first-order chi connectivity index (χ1) is 18.1. The van der Waals surface area contributed by atoms with Gasteiger partial charge in [0.1, 0.15) is 35.9 Å². The van der Waals surface area contributed by atoms with Crippen LogP contribution in [0.2, 0.25) is 18.1 Å². The highest BCUT2D eigenvalue weighted by Gasteiger charge is 2.39. The van der Waals surface area contributed by atoms with Crippen LogP contribution in [0, 0.1) is 0 Å². The monoisotopic (exact) mass is 561 g/mol. The molecule has 2 aromatic carbocycles. The molecule has 8 nitrogen and oxygen atoms in total. The van der Waals surface area contributed by atoms with Gasteiger partial charge in [-0.25, -0.2) is 4.79 Å². The second-order valence-corrected chi connectivity index (χ2v) is 16.9. The fourth-order valence-corrected chi connectivity index (χ4v) is 4.42. The van der Waals surface area contributed by atoms with Crippen LogP contribution < -0.4 is 14.8 Å². The molecule has 0 fully saturated rings. The SMILES string of the molecule is COc1ccc(OC[C@H](NC(=O)OC(C)(C)C)[C@H](OCc2ccccc2)[C@H](O)CO[Si](C)(C)C(C)(C)C)cc1. The Morgan fingerprint density at radius 1 is 0.923 bits per heavy atom. The summed E-state index contributed by atoms with van der Waals surface area (Å²) in [6.07, 6.45) is -2.51. The molecule has 2 aromatic rings. The Labute approximate surface area is 235 Å². The first kappa shape index (κ1) is 32.6. The lowest BCUT2D eigenvalue weighted by atomic mass is 10.1. The smallest absolute Gasteiger partial charge is 0.408 e. The number of hydrogen-bond acceptors (Lipinski definition) is 7. The molecule has 39 heavy (non-hydrogen) atoms. The van der Waals surface area contributed by atoms with E-state index in [-0.39, 0.29) is 24.9 Å². The molecule has 3 atom stereocenters. The van der Waals surface area contributed by atoms with Gasteiger partial charge in [-0.05, 0) is 68.7 Å². The number of nitrogens with one attached hydrogen (secondary N) is 1. The van der Waals surface area contributed by atoms with Gasteiger partial charge in [0.05, 0.1) is 26.4 Å². The third-order valence-corrected chi connectivity index (χ3v) is 11.2. The molecule has 1 amide bonds. The predicted molar refractivity (Wildman–Crippen MR) is 156 cm³/mol. The van der Waals surface area contributed by atoms with E-state index in [4.69, 9.17) is 23.4 Å². The number of hydrogen-bond donors (Lipinski definition) is 2. The minimum Gasteiger partial charge on any atom is -0.497 e. The first-order valence-electron chi connectivity index (χ1n) is 13.4. The van der Waals surface area contributed by atoms with E-state index in [2.05, 4.69) is 39.2 Å². The van der Waals surface area contributed by atoms with Crippen molar-refractivity contribution in [3.05, 3.63) is 60.2 Å². The average molecular weight is 562 g/mol. The Morgan fingerprint density at radius 3 is 2.05 bits per heavy atom. The number of benzene rings is 2. The highest BCUT2D eigenvalue weighted by molar-refractivity contribution is 6.74. The molecular weight excluding hydrogens is 514 g/mol. The highest BCUT2D eigenvalue weighted by atomic mass is 28.4. The summed E-state index contributed by atoms with van der Waals surface area (Å²) < 4.78 is 29.4. The number of alkyl carbamates (subject to hydrolysis) is 1. The number of methoxy groups -OCH3 is 1. The molecule has 2 N–H and O–H groups in total. The van der Waals surface area contributed by atoms with E-state index in [9.17, 15) is 9.90 Å². The molecule has 218 valence electrons. The van der Waals surface area contributed by atoms with Crippen molar-refractivity contribution in [3.63, 3.8) is 0 Å². The maximum atomic E-state index is 12.8. The molecule has 0 unspecified atom stereocenters. The summed E-state index contributed by atoms with van der Waals surface area (Å²) in [6, 6.07) is 16.1. The predicted octanol–water partition coefficient (Wildman–Crippen LogP) is 5.94. The zero-order chi connectivity index (χ0) is 29.3. The van der Waals surface area contributed by atoms with Crippen molar-refractivity contribution in [1.82, 2.24) is 5.32 Å². The van der Waals surface area contributed by atoms with E-state index < -0.39 is 38.3 Å². The van der Waals surface area contributed by atoms with Crippen LogP contribution in [0.4, 0.5) is 4.79 Å². The fourth-order valence-electron chi connectivity index (χ4n) is 3.40. The van der Waals surface area contributed by atoms with Gasteiger partial charge in [-0.2, -0.15) is 0 Å². The van der Waals surface area contributed by atoms with E-state index in [0.29, 0.717) is 11.5 Å². The lowest BCUT2D eigenvalue weighted by Gasteiger charge is -2.38. The number of aliphatic hydroxyl groups is 1. The summed E-state index contributed by atoms with van der Waals surface area (Å²) in [7, 11) is -0.554. The van der Waals surface area contributed by atoms with Crippen molar-refractivity contribution in [2.45, 2.75) is 90.1 Å². The van der Waals surface area contributed by atoms with Gasteiger partial charge in [0.15, 0.2) is 8.32 Å². The quantitative estimate of drug-likeness (QED) is 0.293. The molecule has 9 heteroatoms. The van der Waals surface area contributed by atoms with Crippen LogP contribution >= 0.6 is 0 Å². The lowest BCUT2D eigenvalue weighted by molar-refractivity contribution is -0.0853. The number of aliphatic hydroxyl groups excluding tert-OH is 1. The molecule has 0 aromatic heterocycles. The minimum absolute atomic E-state index is 0.0290. The van der Waals surface area contributed by atoms with Crippen molar-refractivity contribution in [3.8, 4) is 11.5 Å². The molecule has 0 aliphatic rings. The average Bonchev–Trinajstić information content (AvgIpc) is 2.85. The van der Waals surface area contributed by atoms with Crippen LogP contribution in [-0.2, 0) is 20.5 Å². The van der Waals surface area contributed by atoms with Crippen LogP contribution in [0.25, 0.3) is 0 Å². The molecule has 0 spiro atoms. The Hall–Kier alpha value is -2.59. The van der Waals surface area contributed by atoms with Crippen molar-refractivity contribution in [1.29, 1.82) is 0 Å². The van der Waals surface area contributed by atoms with E-state index in [1.807, 2.05) is 30.3 Å². The van der Waals surface area contributed by atoms with Gasteiger partial charge in [-0.3, -0.25) is 0 Å². The third kappa shape index (κ3) is 11.2. The summed E-state index contributed by atoms with van der Waals surface area (Å²) in [4.78, 5) is 12.8. The summed E-state index contributed by atoms with van der Waals surface area (Å²) >= 11 is 0. The number of ether oxygens (including phenoxy) is 4. The zero-order valence-electron chi connectivity index (χ0n) is 24.9. The van der Waals surface area contributed by atoms with Gasteiger partial charge in [0, 0.05) is 0 Å². The number of carbonyl (C=O) groups is 1. The summed E-state index contributed by atoms with van der Waals surface area (Å²) in [5.41, 5.74) is 0.239. The summed E-state index contributed by atoms with van der Waals surface area (Å²) in [5, 5.41) is 14.2. The second kappa shape index (κ2) is 14.2. The maximum Gasteiger partial charge on any atom is 0.408 e.